The van der Waals surface area contributed by atoms with Crippen molar-refractivity contribution in [1.82, 2.24) is 15.1 Å². The Balaban J connectivity index is 1.49. The minimum Gasteiger partial charge on any atom is -0.496 e. The van der Waals surface area contributed by atoms with Crippen LogP contribution < -0.4 is 15.8 Å². The number of hydrogen-bond acceptors (Lipinski definition) is 8. The zero-order chi connectivity index (χ0) is 24.7. The van der Waals surface area contributed by atoms with Crippen LogP contribution in [0.3, 0.4) is 0 Å². The lowest BCUT2D eigenvalue weighted by molar-refractivity contribution is -0.144. The van der Waals surface area contributed by atoms with Crippen molar-refractivity contribution >= 4 is 29.2 Å². The molecule has 0 spiro atoms. The number of piperidine rings is 2. The molecule has 34 heavy (non-hydrogen) atoms. The van der Waals surface area contributed by atoms with E-state index in [-0.39, 0.29) is 24.0 Å². The lowest BCUT2D eigenvalue weighted by Crippen LogP contribution is -2.55. The minimum atomic E-state index is -0.256. The zero-order valence-electron chi connectivity index (χ0n) is 20.3. The first-order valence-corrected chi connectivity index (χ1v) is 12.3. The predicted molar refractivity (Wildman–Crippen MR) is 131 cm³/mol. The van der Waals surface area contributed by atoms with E-state index in [1.54, 1.807) is 13.2 Å². The molecule has 1 aromatic carbocycles. The highest BCUT2D eigenvalue weighted by Crippen LogP contribution is 2.29. The smallest absolute Gasteiger partial charge is 0.320 e. The minimum absolute atomic E-state index is 0.110. The van der Waals surface area contributed by atoms with Crippen LogP contribution >= 0.6 is 11.6 Å². The number of hydrogen-bond donors (Lipinski definition) is 2. The van der Waals surface area contributed by atoms with E-state index in [4.69, 9.17) is 31.5 Å². The molecule has 2 aliphatic rings. The molecule has 2 heterocycles. The van der Waals surface area contributed by atoms with E-state index < -0.39 is 0 Å². The fraction of sp³-hybridized carbons (Fsp3) is 0.667. The Bertz CT molecular complexity index is 847. The van der Waals surface area contributed by atoms with Crippen molar-refractivity contribution in [3.63, 3.8) is 0 Å². The lowest BCUT2D eigenvalue weighted by atomic mass is 9.94. The monoisotopic (exact) mass is 496 g/mol. The van der Waals surface area contributed by atoms with Crippen LogP contribution in [0.4, 0.5) is 5.69 Å². The molecule has 0 aromatic heterocycles. The second-order valence-electron chi connectivity index (χ2n) is 9.00. The molecule has 190 valence electrons. The molecule has 2 saturated heterocycles. The van der Waals surface area contributed by atoms with Gasteiger partial charge in [-0.05, 0) is 51.3 Å². The van der Waals surface area contributed by atoms with Gasteiger partial charge in [0.15, 0.2) is 0 Å². The normalized spacial score (nSPS) is 22.4. The highest BCUT2D eigenvalue weighted by Gasteiger charge is 2.33. The fourth-order valence-electron chi connectivity index (χ4n) is 4.79. The van der Waals surface area contributed by atoms with Crippen LogP contribution in [0.1, 0.15) is 36.5 Å². The number of rotatable bonds is 9. The van der Waals surface area contributed by atoms with Crippen molar-refractivity contribution in [2.75, 3.05) is 65.8 Å². The summed E-state index contributed by atoms with van der Waals surface area (Å²) >= 11 is 6.13. The van der Waals surface area contributed by atoms with Crippen molar-refractivity contribution < 1.29 is 23.8 Å². The largest absolute Gasteiger partial charge is 0.496 e. The van der Waals surface area contributed by atoms with Crippen LogP contribution in [0.5, 0.6) is 5.75 Å². The van der Waals surface area contributed by atoms with Gasteiger partial charge in [-0.15, -0.1) is 0 Å². The summed E-state index contributed by atoms with van der Waals surface area (Å²) in [5, 5.41) is 3.41. The quantitative estimate of drug-likeness (QED) is 0.395. The van der Waals surface area contributed by atoms with Gasteiger partial charge in [-0.1, -0.05) is 11.6 Å². The van der Waals surface area contributed by atoms with Gasteiger partial charge in [0.2, 0.25) is 0 Å². The van der Waals surface area contributed by atoms with Gasteiger partial charge in [0, 0.05) is 32.8 Å². The Morgan fingerprint density at radius 1 is 1.15 bits per heavy atom. The number of methoxy groups -OCH3 is 2. The summed E-state index contributed by atoms with van der Waals surface area (Å²) in [5.41, 5.74) is 6.55. The molecule has 10 heteroatoms. The summed E-state index contributed by atoms with van der Waals surface area (Å²) in [5.74, 6) is 0.573. The number of nitrogens with two attached hydrogens (primary N) is 1. The van der Waals surface area contributed by atoms with E-state index in [2.05, 4.69) is 15.1 Å². The maximum atomic E-state index is 13.0. The van der Waals surface area contributed by atoms with E-state index in [9.17, 15) is 9.59 Å². The maximum Gasteiger partial charge on any atom is 0.320 e. The van der Waals surface area contributed by atoms with E-state index in [1.165, 1.54) is 13.2 Å². The van der Waals surface area contributed by atoms with E-state index >= 15 is 0 Å². The topological polar surface area (TPSA) is 106 Å². The zero-order valence-corrected chi connectivity index (χ0v) is 21.1. The molecule has 0 aliphatic carbocycles. The van der Waals surface area contributed by atoms with Crippen LogP contribution in [0.25, 0.3) is 0 Å². The van der Waals surface area contributed by atoms with E-state index in [0.717, 1.165) is 52.0 Å². The summed E-state index contributed by atoms with van der Waals surface area (Å²) < 4.78 is 16.1. The number of halogens is 1. The molecule has 3 rings (SSSR count). The highest BCUT2D eigenvalue weighted by molar-refractivity contribution is 6.33. The van der Waals surface area contributed by atoms with Crippen LogP contribution in [0, 0.1) is 5.92 Å². The van der Waals surface area contributed by atoms with Crippen LogP contribution in [-0.2, 0) is 14.3 Å². The number of esters is 1. The standard InChI is InChI=1S/C24H37ClN4O5/c1-4-34-23(30)15-28-8-5-16(6-9-28)13-29-10-7-20(22(14-29)33-3)27-24(31)17-11-18(25)19(26)12-21(17)32-2/h11-12,16,20,22H,4-10,13-15,26H2,1-3H3,(H,27,31)/t20-,22+/m1/s1. The van der Waals surface area contributed by atoms with Crippen LogP contribution in [-0.4, -0.2) is 93.9 Å². The Morgan fingerprint density at radius 3 is 2.50 bits per heavy atom. The fourth-order valence-corrected chi connectivity index (χ4v) is 4.96. The summed E-state index contributed by atoms with van der Waals surface area (Å²) in [7, 11) is 3.18. The maximum absolute atomic E-state index is 13.0. The third-order valence-corrected chi connectivity index (χ3v) is 7.03. The number of ether oxygens (including phenoxy) is 3. The summed E-state index contributed by atoms with van der Waals surface area (Å²) in [4.78, 5) is 29.3. The Labute approximate surface area is 206 Å². The predicted octanol–water partition coefficient (Wildman–Crippen LogP) is 2.03. The second kappa shape index (κ2) is 12.6. The van der Waals surface area contributed by atoms with Gasteiger partial charge in [-0.2, -0.15) is 0 Å². The Hall–Kier alpha value is -2.07. The lowest BCUT2D eigenvalue weighted by Gasteiger charge is -2.41. The van der Waals surface area contributed by atoms with Crippen molar-refractivity contribution in [2.45, 2.75) is 38.3 Å². The van der Waals surface area contributed by atoms with Gasteiger partial charge in [-0.3, -0.25) is 14.5 Å². The first-order valence-electron chi connectivity index (χ1n) is 11.9. The van der Waals surface area contributed by atoms with Crippen molar-refractivity contribution in [2.24, 2.45) is 5.92 Å². The molecule has 0 bridgehead atoms. The molecule has 0 radical (unpaired) electrons. The molecule has 3 N–H and O–H groups in total. The third-order valence-electron chi connectivity index (χ3n) is 6.71. The number of likely N-dealkylation sites (tertiary alicyclic amines) is 2. The summed E-state index contributed by atoms with van der Waals surface area (Å²) in [6.07, 6.45) is 2.80. The average molecular weight is 497 g/mol. The Kier molecular flexibility index (Phi) is 9.82. The number of anilines is 1. The van der Waals surface area contributed by atoms with Crippen molar-refractivity contribution in [3.8, 4) is 5.75 Å². The third kappa shape index (κ3) is 6.97. The SMILES string of the molecule is CCOC(=O)CN1CCC(CN2CC[C@@H](NC(=O)c3cc(Cl)c(N)cc3OC)[C@@H](OC)C2)CC1. The van der Waals surface area contributed by atoms with E-state index in [0.29, 0.717) is 41.1 Å². The van der Waals surface area contributed by atoms with Crippen molar-refractivity contribution in [1.29, 1.82) is 0 Å². The van der Waals surface area contributed by atoms with Crippen LogP contribution in [0.15, 0.2) is 12.1 Å². The second-order valence-corrected chi connectivity index (χ2v) is 9.41. The summed E-state index contributed by atoms with van der Waals surface area (Å²) in [6, 6.07) is 2.99. The highest BCUT2D eigenvalue weighted by atomic mass is 35.5. The number of carbonyl (C=O) groups is 2. The van der Waals surface area contributed by atoms with Gasteiger partial charge < -0.3 is 30.2 Å². The van der Waals surface area contributed by atoms with Gasteiger partial charge in [0.25, 0.3) is 5.91 Å². The first-order chi connectivity index (χ1) is 16.3. The number of nitrogens with one attached hydrogen (secondary N) is 1. The Morgan fingerprint density at radius 2 is 1.85 bits per heavy atom. The molecular weight excluding hydrogens is 460 g/mol. The van der Waals surface area contributed by atoms with Crippen LogP contribution in [0.2, 0.25) is 5.02 Å². The van der Waals surface area contributed by atoms with Gasteiger partial charge in [0.05, 0.1) is 48.7 Å². The molecule has 0 saturated carbocycles. The number of carbonyl (C=O) groups excluding carboxylic acids is 2. The molecule has 1 amide bonds. The number of nitrogens with zero attached hydrogens (tertiary/aromatic N) is 2. The molecule has 1 aromatic rings. The van der Waals surface area contributed by atoms with Gasteiger partial charge in [0.1, 0.15) is 5.75 Å². The molecule has 2 fully saturated rings. The molecule has 2 aliphatic heterocycles. The summed E-state index contributed by atoms with van der Waals surface area (Å²) in [6.45, 7) is 7.09. The van der Waals surface area contributed by atoms with Crippen molar-refractivity contribution in [3.05, 3.63) is 22.7 Å². The molecular formula is C24H37ClN4O5. The van der Waals surface area contributed by atoms with Gasteiger partial charge >= 0.3 is 5.97 Å². The molecule has 9 nitrogen and oxygen atoms in total. The number of amides is 1. The first kappa shape index (κ1) is 26.5. The number of nitrogen functional groups attached to an aromatic ring is 1. The molecule has 0 unspecified atom stereocenters. The molecule has 2 atom stereocenters. The average Bonchev–Trinajstić information content (AvgIpc) is 2.82. The van der Waals surface area contributed by atoms with E-state index in [1.807, 2.05) is 6.92 Å². The number of benzene rings is 1. The van der Waals surface area contributed by atoms with Gasteiger partial charge in [-0.25, -0.2) is 0 Å².